The van der Waals surface area contributed by atoms with Crippen molar-refractivity contribution in [1.29, 1.82) is 0 Å². The van der Waals surface area contributed by atoms with Gasteiger partial charge in [-0.2, -0.15) is 0 Å². The Morgan fingerprint density at radius 3 is 2.63 bits per heavy atom. The Bertz CT molecular complexity index is 563. The van der Waals surface area contributed by atoms with Crippen LogP contribution in [0.15, 0.2) is 21.5 Å². The van der Waals surface area contributed by atoms with Gasteiger partial charge < -0.3 is 10.8 Å². The summed E-state index contributed by atoms with van der Waals surface area (Å²) in [6.07, 6.45) is -0.288. The molecular weight excluding hydrogens is 339 g/mol. The van der Waals surface area contributed by atoms with Crippen LogP contribution in [0.4, 0.5) is 10.1 Å². The zero-order valence-corrected chi connectivity index (χ0v) is 13.0. The normalized spacial score (nSPS) is 13.8. The van der Waals surface area contributed by atoms with Crippen LogP contribution in [0.5, 0.6) is 0 Å². The SMILES string of the molecule is CC(O)CCN(C)S(=O)(=O)c1cc(N)c(F)cc1Br. The minimum absolute atomic E-state index is 0.0977. The fourth-order valence-electron chi connectivity index (χ4n) is 1.40. The summed E-state index contributed by atoms with van der Waals surface area (Å²) >= 11 is 3.01. The number of nitrogens with two attached hydrogens (primary N) is 1. The first-order valence-corrected chi connectivity index (χ1v) is 7.78. The molecule has 0 aliphatic rings. The molecule has 19 heavy (non-hydrogen) atoms. The number of anilines is 1. The lowest BCUT2D eigenvalue weighted by atomic mass is 10.3. The molecule has 0 saturated carbocycles. The van der Waals surface area contributed by atoms with Gasteiger partial charge in [-0.3, -0.25) is 0 Å². The average molecular weight is 355 g/mol. The predicted molar refractivity (Wildman–Crippen MR) is 74.6 cm³/mol. The second kappa shape index (κ2) is 6.17. The van der Waals surface area contributed by atoms with E-state index in [0.29, 0.717) is 6.42 Å². The zero-order valence-electron chi connectivity index (χ0n) is 10.6. The van der Waals surface area contributed by atoms with Crippen LogP contribution in [0.3, 0.4) is 0 Å². The van der Waals surface area contributed by atoms with Crippen LogP contribution in [0.1, 0.15) is 13.3 Å². The van der Waals surface area contributed by atoms with E-state index in [1.165, 1.54) is 7.05 Å². The summed E-state index contributed by atoms with van der Waals surface area (Å²) in [4.78, 5) is -0.0977. The first-order valence-electron chi connectivity index (χ1n) is 5.55. The van der Waals surface area contributed by atoms with Crippen LogP contribution in [0.2, 0.25) is 0 Å². The predicted octanol–water partition coefficient (Wildman–Crippen LogP) is 1.56. The molecule has 108 valence electrons. The number of aliphatic hydroxyl groups is 1. The van der Waals surface area contributed by atoms with Crippen LogP contribution in [0.25, 0.3) is 0 Å². The number of hydrogen-bond acceptors (Lipinski definition) is 4. The minimum Gasteiger partial charge on any atom is -0.396 e. The molecule has 0 aliphatic carbocycles. The highest BCUT2D eigenvalue weighted by atomic mass is 79.9. The number of rotatable bonds is 5. The summed E-state index contributed by atoms with van der Waals surface area (Å²) in [5.74, 6) is -0.683. The van der Waals surface area contributed by atoms with Crippen molar-refractivity contribution in [2.24, 2.45) is 0 Å². The van der Waals surface area contributed by atoms with E-state index in [2.05, 4.69) is 15.9 Å². The van der Waals surface area contributed by atoms with Crippen molar-refractivity contribution in [2.75, 3.05) is 19.3 Å². The summed E-state index contributed by atoms with van der Waals surface area (Å²) < 4.78 is 38.9. The topological polar surface area (TPSA) is 83.6 Å². The number of aliphatic hydroxyl groups excluding tert-OH is 1. The first-order chi connectivity index (χ1) is 8.66. The summed E-state index contributed by atoms with van der Waals surface area (Å²) in [7, 11) is -2.38. The molecule has 5 nitrogen and oxygen atoms in total. The third kappa shape index (κ3) is 3.88. The fourth-order valence-corrected chi connectivity index (χ4v) is 3.59. The van der Waals surface area contributed by atoms with Crippen molar-refractivity contribution in [3.63, 3.8) is 0 Å². The van der Waals surface area contributed by atoms with E-state index >= 15 is 0 Å². The summed E-state index contributed by atoms with van der Waals surface area (Å²) in [5, 5.41) is 9.17. The van der Waals surface area contributed by atoms with E-state index in [1.54, 1.807) is 6.92 Å². The van der Waals surface area contributed by atoms with Gasteiger partial charge in [-0.05, 0) is 41.4 Å². The molecule has 0 bridgehead atoms. The lowest BCUT2D eigenvalue weighted by Gasteiger charge is -2.19. The van der Waals surface area contributed by atoms with Gasteiger partial charge in [-0.1, -0.05) is 0 Å². The van der Waals surface area contributed by atoms with E-state index in [9.17, 15) is 17.9 Å². The molecule has 1 atom stereocenters. The summed E-state index contributed by atoms with van der Waals surface area (Å²) in [5.41, 5.74) is 5.16. The van der Waals surface area contributed by atoms with Crippen LogP contribution in [-0.2, 0) is 10.0 Å². The third-order valence-electron chi connectivity index (χ3n) is 2.60. The van der Waals surface area contributed by atoms with Gasteiger partial charge in [0.1, 0.15) is 5.82 Å². The molecule has 0 spiro atoms. The molecule has 3 N–H and O–H groups in total. The number of hydrogen-bond donors (Lipinski definition) is 2. The molecule has 8 heteroatoms. The van der Waals surface area contributed by atoms with Gasteiger partial charge in [-0.25, -0.2) is 17.1 Å². The van der Waals surface area contributed by atoms with Gasteiger partial charge in [0.2, 0.25) is 10.0 Å². The van der Waals surface area contributed by atoms with Gasteiger partial charge in [0.15, 0.2) is 0 Å². The smallest absolute Gasteiger partial charge is 0.244 e. The lowest BCUT2D eigenvalue weighted by molar-refractivity contribution is 0.177. The van der Waals surface area contributed by atoms with E-state index < -0.39 is 21.9 Å². The quantitative estimate of drug-likeness (QED) is 0.786. The van der Waals surface area contributed by atoms with Crippen LogP contribution >= 0.6 is 15.9 Å². The highest BCUT2D eigenvalue weighted by Crippen LogP contribution is 2.28. The Kier molecular flexibility index (Phi) is 5.31. The van der Waals surface area contributed by atoms with Crippen LogP contribution in [0, 0.1) is 5.82 Å². The van der Waals surface area contributed by atoms with Crippen molar-refractivity contribution in [3.8, 4) is 0 Å². The second-order valence-electron chi connectivity index (χ2n) is 4.27. The number of nitrogens with zero attached hydrogens (tertiary/aromatic N) is 1. The number of nitrogen functional groups attached to an aromatic ring is 1. The molecule has 1 unspecified atom stereocenters. The van der Waals surface area contributed by atoms with Gasteiger partial charge in [-0.15, -0.1) is 0 Å². The third-order valence-corrected chi connectivity index (χ3v) is 5.42. The monoisotopic (exact) mass is 354 g/mol. The Hall–Kier alpha value is -0.700. The highest BCUT2D eigenvalue weighted by molar-refractivity contribution is 9.10. The zero-order chi connectivity index (χ0) is 14.8. The molecule has 0 heterocycles. The van der Waals surface area contributed by atoms with E-state index in [0.717, 1.165) is 16.4 Å². The number of halogens is 2. The molecule has 0 aromatic heterocycles. The van der Waals surface area contributed by atoms with Crippen molar-refractivity contribution >= 4 is 31.6 Å². The Morgan fingerprint density at radius 2 is 2.11 bits per heavy atom. The maximum Gasteiger partial charge on any atom is 0.244 e. The van der Waals surface area contributed by atoms with Crippen LogP contribution < -0.4 is 5.73 Å². The summed E-state index contributed by atoms with van der Waals surface area (Å²) in [6, 6.07) is 2.10. The Morgan fingerprint density at radius 1 is 1.53 bits per heavy atom. The number of benzene rings is 1. The molecule has 1 aromatic rings. The first kappa shape index (κ1) is 16.4. The van der Waals surface area contributed by atoms with Crippen molar-refractivity contribution in [2.45, 2.75) is 24.3 Å². The van der Waals surface area contributed by atoms with Gasteiger partial charge in [0.05, 0.1) is 16.7 Å². The van der Waals surface area contributed by atoms with Crippen LogP contribution in [-0.4, -0.2) is 37.5 Å². The Labute approximate surface area is 120 Å². The second-order valence-corrected chi connectivity index (χ2v) is 7.14. The van der Waals surface area contributed by atoms with Crippen molar-refractivity contribution in [3.05, 3.63) is 22.4 Å². The molecule has 0 fully saturated rings. The molecule has 0 amide bonds. The molecule has 0 saturated heterocycles. The lowest BCUT2D eigenvalue weighted by Crippen LogP contribution is -2.30. The molecule has 0 aliphatic heterocycles. The van der Waals surface area contributed by atoms with Gasteiger partial charge in [0, 0.05) is 18.1 Å². The van der Waals surface area contributed by atoms with E-state index in [1.807, 2.05) is 0 Å². The highest BCUT2D eigenvalue weighted by Gasteiger charge is 2.24. The maximum atomic E-state index is 13.2. The number of sulfonamides is 1. The average Bonchev–Trinajstić information content (AvgIpc) is 2.30. The van der Waals surface area contributed by atoms with Gasteiger partial charge in [0.25, 0.3) is 0 Å². The molecule has 1 aromatic carbocycles. The maximum absolute atomic E-state index is 13.2. The largest absolute Gasteiger partial charge is 0.396 e. The standard InChI is InChI=1S/C11H16BrFN2O3S/c1-7(16)3-4-15(2)19(17,18)11-6-10(14)9(13)5-8(11)12/h5-7,16H,3-4,14H2,1-2H3. The molecular formula is C11H16BrFN2O3S. The van der Waals surface area contributed by atoms with Gasteiger partial charge >= 0.3 is 0 Å². The fraction of sp³-hybridized carbons (Fsp3) is 0.455. The molecule has 0 radical (unpaired) electrons. The van der Waals surface area contributed by atoms with E-state index in [4.69, 9.17) is 5.73 Å². The molecule has 1 rings (SSSR count). The summed E-state index contributed by atoms with van der Waals surface area (Å²) in [6.45, 7) is 1.73. The van der Waals surface area contributed by atoms with E-state index in [-0.39, 0.29) is 21.6 Å². The minimum atomic E-state index is -3.78. The van der Waals surface area contributed by atoms with Crippen molar-refractivity contribution in [1.82, 2.24) is 4.31 Å². The Balaban J connectivity index is 3.10. The van der Waals surface area contributed by atoms with Crippen molar-refractivity contribution < 1.29 is 17.9 Å².